The quantitative estimate of drug-likeness (QED) is 0.775. The molecule has 3 aliphatic rings. The van der Waals surface area contributed by atoms with Crippen LogP contribution in [0.4, 0.5) is 0 Å². The van der Waals surface area contributed by atoms with E-state index in [-0.39, 0.29) is 12.7 Å². The Morgan fingerprint density at radius 1 is 1.33 bits per heavy atom. The van der Waals surface area contributed by atoms with Gasteiger partial charge in [-0.2, -0.15) is 0 Å². The summed E-state index contributed by atoms with van der Waals surface area (Å²) in [5.74, 6) is 0. The molecule has 0 bridgehead atoms. The fourth-order valence-electron chi connectivity index (χ4n) is 2.77. The molecule has 0 aromatic heterocycles. The van der Waals surface area contributed by atoms with Crippen molar-refractivity contribution in [2.75, 3.05) is 13.2 Å². The second-order valence-electron chi connectivity index (χ2n) is 5.21. The summed E-state index contributed by atoms with van der Waals surface area (Å²) in [6, 6.07) is 0. The molecule has 3 heteroatoms. The Kier molecular flexibility index (Phi) is 3.64. The minimum absolute atomic E-state index is 0.0996. The Morgan fingerprint density at radius 2 is 2.28 bits per heavy atom. The highest BCUT2D eigenvalue weighted by atomic mass is 16.6. The van der Waals surface area contributed by atoms with Gasteiger partial charge >= 0.3 is 0 Å². The van der Waals surface area contributed by atoms with Crippen LogP contribution in [-0.4, -0.2) is 36.6 Å². The van der Waals surface area contributed by atoms with Crippen LogP contribution in [0.2, 0.25) is 0 Å². The lowest BCUT2D eigenvalue weighted by Crippen LogP contribution is -2.26. The number of epoxide rings is 1. The normalized spacial score (nSPS) is 34.4. The van der Waals surface area contributed by atoms with Crippen LogP contribution in [0.1, 0.15) is 25.7 Å². The van der Waals surface area contributed by atoms with Crippen molar-refractivity contribution in [2.24, 2.45) is 0 Å². The zero-order valence-corrected chi connectivity index (χ0v) is 10.5. The molecule has 0 amide bonds. The number of fused-ring (bicyclic) bond motifs is 1. The van der Waals surface area contributed by atoms with Crippen LogP contribution in [0.15, 0.2) is 35.5 Å². The first-order chi connectivity index (χ1) is 8.86. The van der Waals surface area contributed by atoms with Gasteiger partial charge in [-0.05, 0) is 36.8 Å². The fourth-order valence-corrected chi connectivity index (χ4v) is 2.77. The first-order valence-corrected chi connectivity index (χ1v) is 6.81. The average molecular weight is 248 g/mol. The third kappa shape index (κ3) is 2.74. The van der Waals surface area contributed by atoms with Crippen LogP contribution in [0.3, 0.4) is 0 Å². The number of aliphatic hydroxyl groups excluding tert-OH is 1. The molecule has 0 radical (unpaired) electrons. The van der Waals surface area contributed by atoms with E-state index in [1.165, 1.54) is 12.8 Å². The maximum atomic E-state index is 9.20. The lowest BCUT2D eigenvalue weighted by Gasteiger charge is -2.19. The molecule has 1 N–H and O–H groups in total. The van der Waals surface area contributed by atoms with Crippen molar-refractivity contribution < 1.29 is 14.6 Å². The molecule has 1 saturated carbocycles. The number of ether oxygens (including phenoxy) is 2. The summed E-state index contributed by atoms with van der Waals surface area (Å²) in [5, 5.41) is 9.20. The summed E-state index contributed by atoms with van der Waals surface area (Å²) in [7, 11) is 0. The predicted molar refractivity (Wildman–Crippen MR) is 69.3 cm³/mol. The van der Waals surface area contributed by atoms with Crippen LogP contribution >= 0.6 is 0 Å². The van der Waals surface area contributed by atoms with Crippen molar-refractivity contribution in [3.05, 3.63) is 35.5 Å². The molecule has 98 valence electrons. The number of aliphatic hydroxyl groups is 1. The third-order valence-corrected chi connectivity index (χ3v) is 3.83. The highest BCUT2D eigenvalue weighted by molar-refractivity contribution is 5.34. The van der Waals surface area contributed by atoms with E-state index in [9.17, 15) is 5.11 Å². The van der Waals surface area contributed by atoms with Crippen molar-refractivity contribution in [1.29, 1.82) is 0 Å². The van der Waals surface area contributed by atoms with Crippen molar-refractivity contribution in [1.82, 2.24) is 0 Å². The van der Waals surface area contributed by atoms with Gasteiger partial charge in [0.25, 0.3) is 0 Å². The van der Waals surface area contributed by atoms with Crippen molar-refractivity contribution in [3.63, 3.8) is 0 Å². The van der Waals surface area contributed by atoms with E-state index < -0.39 is 0 Å². The summed E-state index contributed by atoms with van der Waals surface area (Å²) < 4.78 is 11.6. The molecule has 3 rings (SSSR count). The lowest BCUT2D eigenvalue weighted by molar-refractivity contribution is 0.0400. The van der Waals surface area contributed by atoms with Gasteiger partial charge in [0.2, 0.25) is 0 Å². The van der Waals surface area contributed by atoms with E-state index in [2.05, 4.69) is 12.2 Å². The summed E-state index contributed by atoms with van der Waals surface area (Å²) in [5.41, 5.74) is 2.11. The zero-order chi connectivity index (χ0) is 12.4. The van der Waals surface area contributed by atoms with Gasteiger partial charge in [-0.15, -0.1) is 0 Å². The second kappa shape index (κ2) is 5.39. The average Bonchev–Trinajstić information content (AvgIpc) is 3.19. The van der Waals surface area contributed by atoms with E-state index in [0.29, 0.717) is 18.8 Å². The number of hydrogen-bond donors (Lipinski definition) is 1. The minimum atomic E-state index is 0.0996. The Labute approximate surface area is 108 Å². The van der Waals surface area contributed by atoms with Crippen molar-refractivity contribution in [2.45, 2.75) is 44.0 Å². The summed E-state index contributed by atoms with van der Waals surface area (Å²) >= 11 is 0. The summed E-state index contributed by atoms with van der Waals surface area (Å²) in [6.07, 6.45) is 13.8. The number of rotatable bonds is 4. The first kappa shape index (κ1) is 12.2. The second-order valence-corrected chi connectivity index (χ2v) is 5.21. The van der Waals surface area contributed by atoms with Gasteiger partial charge in [0.05, 0.1) is 25.4 Å². The van der Waals surface area contributed by atoms with Crippen LogP contribution in [-0.2, 0) is 9.47 Å². The van der Waals surface area contributed by atoms with Gasteiger partial charge in [0.1, 0.15) is 6.10 Å². The fraction of sp³-hybridized carbons (Fsp3) is 0.600. The maximum Gasteiger partial charge on any atom is 0.110 e. The molecule has 0 aromatic rings. The SMILES string of the molecule is OCC1=CCC=CC(COC2CCCC3OC23)=C1. The Hall–Kier alpha value is -0.900. The predicted octanol–water partition coefficient (Wildman–Crippen LogP) is 2.13. The van der Waals surface area contributed by atoms with E-state index in [1.807, 2.05) is 12.2 Å². The Balaban J connectivity index is 1.55. The van der Waals surface area contributed by atoms with E-state index >= 15 is 0 Å². The standard InChI is InChI=1S/C15H20O3/c16-9-11-4-1-2-5-12(8-11)10-17-13-6-3-7-14-15(13)18-14/h2,4-5,8,13-16H,1,3,6-7,9-10H2. The Morgan fingerprint density at radius 3 is 3.17 bits per heavy atom. The highest BCUT2D eigenvalue weighted by Crippen LogP contribution is 2.38. The van der Waals surface area contributed by atoms with Gasteiger partial charge in [0, 0.05) is 0 Å². The zero-order valence-electron chi connectivity index (χ0n) is 10.5. The van der Waals surface area contributed by atoms with Crippen molar-refractivity contribution in [3.8, 4) is 0 Å². The van der Waals surface area contributed by atoms with Gasteiger partial charge < -0.3 is 14.6 Å². The maximum absolute atomic E-state index is 9.20. The molecular weight excluding hydrogens is 228 g/mol. The Bertz CT molecular complexity index is 395. The first-order valence-electron chi connectivity index (χ1n) is 6.81. The molecule has 2 aliphatic carbocycles. The van der Waals surface area contributed by atoms with Crippen LogP contribution in [0, 0.1) is 0 Å². The smallest absolute Gasteiger partial charge is 0.110 e. The van der Waals surface area contributed by atoms with Crippen molar-refractivity contribution >= 4 is 0 Å². The van der Waals surface area contributed by atoms with Gasteiger partial charge in [-0.25, -0.2) is 0 Å². The van der Waals surface area contributed by atoms with Gasteiger partial charge in [0.15, 0.2) is 0 Å². The molecule has 0 aromatic carbocycles. The lowest BCUT2D eigenvalue weighted by atomic mass is 9.98. The topological polar surface area (TPSA) is 42.0 Å². The van der Waals surface area contributed by atoms with Crippen LogP contribution < -0.4 is 0 Å². The minimum Gasteiger partial charge on any atom is -0.392 e. The molecule has 2 fully saturated rings. The van der Waals surface area contributed by atoms with E-state index in [1.54, 1.807) is 0 Å². The molecule has 18 heavy (non-hydrogen) atoms. The molecule has 3 atom stereocenters. The van der Waals surface area contributed by atoms with Crippen LogP contribution in [0.5, 0.6) is 0 Å². The summed E-state index contributed by atoms with van der Waals surface area (Å²) in [4.78, 5) is 0. The largest absolute Gasteiger partial charge is 0.392 e. The van der Waals surface area contributed by atoms with Crippen LogP contribution in [0.25, 0.3) is 0 Å². The number of allylic oxidation sites excluding steroid dienone is 2. The van der Waals surface area contributed by atoms with E-state index in [0.717, 1.165) is 24.0 Å². The van der Waals surface area contributed by atoms with E-state index in [4.69, 9.17) is 9.47 Å². The molecule has 3 nitrogen and oxygen atoms in total. The van der Waals surface area contributed by atoms with Gasteiger partial charge in [-0.3, -0.25) is 0 Å². The molecule has 1 saturated heterocycles. The summed E-state index contributed by atoms with van der Waals surface area (Å²) in [6.45, 7) is 0.716. The molecule has 0 spiro atoms. The molecule has 1 heterocycles. The van der Waals surface area contributed by atoms with Gasteiger partial charge in [-0.1, -0.05) is 24.3 Å². The number of hydrogen-bond acceptors (Lipinski definition) is 3. The third-order valence-electron chi connectivity index (χ3n) is 3.83. The molecular formula is C15H20O3. The highest BCUT2D eigenvalue weighted by Gasteiger charge is 2.47. The monoisotopic (exact) mass is 248 g/mol. The molecule has 1 aliphatic heterocycles. The molecule has 3 unspecified atom stereocenters.